The van der Waals surface area contributed by atoms with Crippen LogP contribution >= 0.6 is 0 Å². The largest absolute Gasteiger partial charge is 0.355 e. The van der Waals surface area contributed by atoms with E-state index in [4.69, 9.17) is 0 Å². The molecule has 1 amide bonds. The average Bonchev–Trinajstić information content (AvgIpc) is 2.72. The Hall–Kier alpha value is -2.22. The summed E-state index contributed by atoms with van der Waals surface area (Å²) in [7, 11) is -3.47. The molecule has 0 aromatic heterocycles. The van der Waals surface area contributed by atoms with Crippen molar-refractivity contribution in [1.82, 2.24) is 14.5 Å². The fraction of sp³-hybridized carbons (Fsp3) is 0.435. The molecule has 30 heavy (non-hydrogen) atoms. The smallest absolute Gasteiger partial charge is 0.222 e. The Balaban J connectivity index is 1.81. The van der Waals surface area contributed by atoms with E-state index in [9.17, 15) is 13.2 Å². The van der Waals surface area contributed by atoms with Crippen LogP contribution in [0.25, 0.3) is 0 Å². The normalized spacial score (nSPS) is 20.3. The second-order valence-corrected chi connectivity index (χ2v) is 9.91. The fourth-order valence-electron chi connectivity index (χ4n) is 4.00. The van der Waals surface area contributed by atoms with E-state index >= 15 is 0 Å². The maximum atomic E-state index is 12.6. The zero-order valence-electron chi connectivity index (χ0n) is 17.8. The Labute approximate surface area is 179 Å². The number of rotatable bonds is 4. The summed E-state index contributed by atoms with van der Waals surface area (Å²) in [5, 5.41) is 2.98. The number of amides is 1. The Kier molecular flexibility index (Phi) is 7.64. The van der Waals surface area contributed by atoms with E-state index < -0.39 is 16.1 Å². The van der Waals surface area contributed by atoms with Crippen molar-refractivity contribution in [1.29, 1.82) is 0 Å². The molecule has 2 aromatic carbocycles. The van der Waals surface area contributed by atoms with Gasteiger partial charge in [-0.1, -0.05) is 60.2 Å². The van der Waals surface area contributed by atoms with E-state index in [0.717, 1.165) is 25.2 Å². The molecule has 0 saturated carbocycles. The number of hydrogen-bond acceptors (Lipinski definition) is 4. The zero-order valence-corrected chi connectivity index (χ0v) is 18.6. The number of aryl methyl sites for hydroxylation is 1. The van der Waals surface area contributed by atoms with Crippen LogP contribution < -0.4 is 5.32 Å². The van der Waals surface area contributed by atoms with Crippen LogP contribution in [0.15, 0.2) is 54.6 Å². The van der Waals surface area contributed by atoms with Crippen molar-refractivity contribution in [3.63, 3.8) is 0 Å². The molecule has 1 aliphatic rings. The van der Waals surface area contributed by atoms with E-state index in [-0.39, 0.29) is 12.3 Å². The van der Waals surface area contributed by atoms with Crippen molar-refractivity contribution >= 4 is 15.9 Å². The molecule has 6 nitrogen and oxygen atoms in total. The third-order valence-corrected chi connectivity index (χ3v) is 6.72. The van der Waals surface area contributed by atoms with Crippen LogP contribution in [0, 0.1) is 6.92 Å². The molecule has 1 fully saturated rings. The third kappa shape index (κ3) is 6.39. The first-order valence-corrected chi connectivity index (χ1v) is 12.2. The van der Waals surface area contributed by atoms with Crippen LogP contribution in [0.1, 0.15) is 35.6 Å². The molecule has 0 spiro atoms. The van der Waals surface area contributed by atoms with Crippen molar-refractivity contribution < 1.29 is 13.2 Å². The van der Waals surface area contributed by atoms with Crippen molar-refractivity contribution in [2.75, 3.05) is 32.4 Å². The summed E-state index contributed by atoms with van der Waals surface area (Å²) in [6.07, 6.45) is 2.05. The van der Waals surface area contributed by atoms with Crippen molar-refractivity contribution in [2.24, 2.45) is 0 Å². The van der Waals surface area contributed by atoms with E-state index in [1.54, 1.807) is 0 Å². The lowest BCUT2D eigenvalue weighted by atomic mass is 10.0. The second-order valence-electron chi connectivity index (χ2n) is 7.97. The van der Waals surface area contributed by atoms with E-state index in [1.165, 1.54) is 21.7 Å². The summed E-state index contributed by atoms with van der Waals surface area (Å²) >= 11 is 0. The van der Waals surface area contributed by atoms with Gasteiger partial charge in [0.2, 0.25) is 15.9 Å². The molecule has 0 radical (unpaired) electrons. The second kappa shape index (κ2) is 10.2. The summed E-state index contributed by atoms with van der Waals surface area (Å²) in [6.45, 7) is 5.27. The van der Waals surface area contributed by atoms with Crippen LogP contribution in [0.3, 0.4) is 0 Å². The van der Waals surface area contributed by atoms with Crippen LogP contribution in [-0.2, 0) is 21.4 Å². The van der Waals surface area contributed by atoms with E-state index in [1.807, 2.05) is 30.3 Å². The minimum absolute atomic E-state index is 0.120. The summed E-state index contributed by atoms with van der Waals surface area (Å²) < 4.78 is 26.7. The lowest BCUT2D eigenvalue weighted by Crippen LogP contribution is -2.38. The third-order valence-electron chi connectivity index (χ3n) is 5.43. The van der Waals surface area contributed by atoms with Crippen LogP contribution in [-0.4, -0.2) is 56.0 Å². The van der Waals surface area contributed by atoms with Gasteiger partial charge in [0, 0.05) is 32.6 Å². The molecule has 1 aliphatic heterocycles. The molecular weight excluding hydrogens is 398 g/mol. The van der Waals surface area contributed by atoms with Gasteiger partial charge in [-0.25, -0.2) is 8.42 Å². The highest BCUT2D eigenvalue weighted by atomic mass is 32.2. The first-order valence-electron chi connectivity index (χ1n) is 10.4. The molecule has 162 valence electrons. The topological polar surface area (TPSA) is 69.7 Å². The maximum Gasteiger partial charge on any atom is 0.222 e. The lowest BCUT2D eigenvalue weighted by Gasteiger charge is -2.30. The summed E-state index contributed by atoms with van der Waals surface area (Å²) in [5.74, 6) is -0.130. The Morgan fingerprint density at radius 2 is 1.80 bits per heavy atom. The van der Waals surface area contributed by atoms with Crippen LogP contribution in [0.2, 0.25) is 0 Å². The highest BCUT2D eigenvalue weighted by molar-refractivity contribution is 7.88. The number of sulfonamides is 1. The van der Waals surface area contributed by atoms with Crippen LogP contribution in [0.4, 0.5) is 0 Å². The quantitative estimate of drug-likeness (QED) is 0.811. The van der Waals surface area contributed by atoms with Gasteiger partial charge in [0.15, 0.2) is 0 Å². The highest BCUT2D eigenvalue weighted by Crippen LogP contribution is 2.27. The summed E-state index contributed by atoms with van der Waals surface area (Å²) in [4.78, 5) is 14.9. The van der Waals surface area contributed by atoms with Crippen molar-refractivity contribution in [3.8, 4) is 0 Å². The van der Waals surface area contributed by atoms with Gasteiger partial charge in [-0.05, 0) is 31.0 Å². The predicted molar refractivity (Wildman–Crippen MR) is 119 cm³/mol. The molecule has 1 N–H and O–H groups in total. The van der Waals surface area contributed by atoms with Gasteiger partial charge in [0.05, 0.1) is 12.3 Å². The molecule has 0 bridgehead atoms. The van der Waals surface area contributed by atoms with Crippen molar-refractivity contribution in [2.45, 2.75) is 32.4 Å². The fourth-order valence-corrected chi connectivity index (χ4v) is 5.12. The highest BCUT2D eigenvalue weighted by Gasteiger charge is 2.30. The molecular formula is C23H31N3O3S. The monoisotopic (exact) mass is 429 g/mol. The molecule has 3 rings (SSSR count). The number of hydrogen-bond donors (Lipinski definition) is 1. The summed E-state index contributed by atoms with van der Waals surface area (Å²) in [5.41, 5.74) is 3.28. The SMILES string of the molecule is Cc1cccc(CN2CCCN(S(C)(=O)=O)C(c3ccccc3)CC(=O)NCC2)c1. The zero-order chi connectivity index (χ0) is 21.6. The Bertz CT molecular complexity index is 947. The van der Waals surface area contributed by atoms with Gasteiger partial charge in [0.1, 0.15) is 0 Å². The number of carbonyl (C=O) groups excluding carboxylic acids is 1. The van der Waals surface area contributed by atoms with Gasteiger partial charge in [-0.2, -0.15) is 4.31 Å². The van der Waals surface area contributed by atoms with Gasteiger partial charge in [-0.15, -0.1) is 0 Å². The molecule has 0 aliphatic carbocycles. The molecule has 1 atom stereocenters. The Morgan fingerprint density at radius 3 is 2.50 bits per heavy atom. The minimum atomic E-state index is -3.47. The van der Waals surface area contributed by atoms with Gasteiger partial charge in [0.25, 0.3) is 0 Å². The first kappa shape index (κ1) is 22.5. The molecule has 1 saturated heterocycles. The molecule has 1 heterocycles. The summed E-state index contributed by atoms with van der Waals surface area (Å²) in [6, 6.07) is 17.3. The Morgan fingerprint density at radius 1 is 1.03 bits per heavy atom. The predicted octanol–water partition coefficient (Wildman–Crippen LogP) is 2.71. The van der Waals surface area contributed by atoms with Gasteiger partial charge < -0.3 is 5.32 Å². The lowest BCUT2D eigenvalue weighted by molar-refractivity contribution is -0.122. The van der Waals surface area contributed by atoms with Gasteiger partial charge >= 0.3 is 0 Å². The maximum absolute atomic E-state index is 12.6. The molecule has 7 heteroatoms. The van der Waals surface area contributed by atoms with E-state index in [2.05, 4.69) is 41.4 Å². The molecule has 1 unspecified atom stereocenters. The van der Waals surface area contributed by atoms with Crippen molar-refractivity contribution in [3.05, 3.63) is 71.3 Å². The van der Waals surface area contributed by atoms with Crippen LogP contribution in [0.5, 0.6) is 0 Å². The van der Waals surface area contributed by atoms with Gasteiger partial charge in [-0.3, -0.25) is 9.69 Å². The average molecular weight is 430 g/mol. The molecule has 2 aromatic rings. The first-order chi connectivity index (χ1) is 14.3. The van der Waals surface area contributed by atoms with E-state index in [0.29, 0.717) is 19.5 Å². The minimum Gasteiger partial charge on any atom is -0.355 e. The number of nitrogens with zero attached hydrogens (tertiary/aromatic N) is 2. The number of carbonyl (C=O) groups is 1. The standard InChI is InChI=1S/C23H31N3O3S/c1-19-8-6-9-20(16-19)18-25-13-7-14-26(30(2,28)29)22(17-23(27)24-12-15-25)21-10-4-3-5-11-21/h3-6,8-11,16,22H,7,12-15,17-18H2,1-2H3,(H,24,27). The number of nitrogens with one attached hydrogen (secondary N) is 1. The number of benzene rings is 2.